The summed E-state index contributed by atoms with van der Waals surface area (Å²) in [4.78, 5) is 12.7. The van der Waals surface area contributed by atoms with Gasteiger partial charge in [0.25, 0.3) is 0 Å². The van der Waals surface area contributed by atoms with Crippen LogP contribution in [0.2, 0.25) is 0 Å². The Morgan fingerprint density at radius 1 is 1.00 bits per heavy atom. The lowest BCUT2D eigenvalue weighted by Crippen LogP contribution is -2.47. The number of sulfonamides is 1. The Balaban J connectivity index is 1.77. The van der Waals surface area contributed by atoms with Crippen molar-refractivity contribution in [3.63, 3.8) is 0 Å². The fraction of sp³-hybridized carbons (Fsp3) is 0.227. The number of hydrogen-bond acceptors (Lipinski definition) is 3. The van der Waals surface area contributed by atoms with Gasteiger partial charge in [0.2, 0.25) is 15.9 Å². The summed E-state index contributed by atoms with van der Waals surface area (Å²) in [5, 5.41) is 5.09. The molecule has 0 bridgehead atoms. The van der Waals surface area contributed by atoms with Crippen molar-refractivity contribution in [1.29, 1.82) is 0 Å². The molecular weight excluding hydrogens is 372 g/mol. The van der Waals surface area contributed by atoms with Crippen LogP contribution in [0.25, 0.3) is 10.8 Å². The number of benzene rings is 3. The molecule has 3 aromatic rings. The second kappa shape index (κ2) is 8.02. The van der Waals surface area contributed by atoms with E-state index in [0.717, 1.165) is 32.5 Å². The first-order chi connectivity index (χ1) is 13.3. The molecule has 0 unspecified atom stereocenters. The molecule has 0 aromatic heterocycles. The van der Waals surface area contributed by atoms with Crippen LogP contribution in [0.3, 0.4) is 0 Å². The van der Waals surface area contributed by atoms with E-state index in [0.29, 0.717) is 12.2 Å². The SMILES string of the molecule is Cc1cccc(N([C@@H](C)C(=O)NCc2ccc3ccccc3c2)S(C)(=O)=O)c1. The van der Waals surface area contributed by atoms with Gasteiger partial charge < -0.3 is 5.32 Å². The van der Waals surface area contributed by atoms with Gasteiger partial charge in [-0.15, -0.1) is 0 Å². The van der Waals surface area contributed by atoms with Crippen LogP contribution in [0.1, 0.15) is 18.1 Å². The van der Waals surface area contributed by atoms with Crippen LogP contribution < -0.4 is 9.62 Å². The molecule has 28 heavy (non-hydrogen) atoms. The van der Waals surface area contributed by atoms with E-state index in [1.54, 1.807) is 25.1 Å². The highest BCUT2D eigenvalue weighted by Crippen LogP contribution is 2.22. The normalized spacial score (nSPS) is 12.5. The molecular formula is C22H24N2O3S. The summed E-state index contributed by atoms with van der Waals surface area (Å²) < 4.78 is 25.9. The molecule has 1 atom stereocenters. The molecule has 0 aliphatic rings. The van der Waals surface area contributed by atoms with Crippen LogP contribution in [0.15, 0.2) is 66.7 Å². The first-order valence-electron chi connectivity index (χ1n) is 9.07. The Kier molecular flexibility index (Phi) is 5.70. The van der Waals surface area contributed by atoms with Crippen LogP contribution in [0, 0.1) is 6.92 Å². The third-order valence-electron chi connectivity index (χ3n) is 4.63. The average Bonchev–Trinajstić information content (AvgIpc) is 2.65. The number of nitrogens with zero attached hydrogens (tertiary/aromatic N) is 1. The molecule has 0 aliphatic carbocycles. The van der Waals surface area contributed by atoms with Crippen molar-refractivity contribution >= 4 is 32.4 Å². The Bertz CT molecular complexity index is 1110. The van der Waals surface area contributed by atoms with Crippen molar-refractivity contribution in [3.8, 4) is 0 Å². The van der Waals surface area contributed by atoms with Crippen molar-refractivity contribution in [3.05, 3.63) is 77.9 Å². The topological polar surface area (TPSA) is 66.5 Å². The van der Waals surface area contributed by atoms with Crippen molar-refractivity contribution < 1.29 is 13.2 Å². The number of fused-ring (bicyclic) bond motifs is 1. The fourth-order valence-corrected chi connectivity index (χ4v) is 4.43. The number of aryl methyl sites for hydroxylation is 1. The van der Waals surface area contributed by atoms with Crippen molar-refractivity contribution in [2.75, 3.05) is 10.6 Å². The summed E-state index contributed by atoms with van der Waals surface area (Å²) in [5.41, 5.74) is 2.37. The minimum Gasteiger partial charge on any atom is -0.350 e. The fourth-order valence-electron chi connectivity index (χ4n) is 3.26. The molecule has 3 aromatic carbocycles. The first-order valence-corrected chi connectivity index (χ1v) is 10.9. The Morgan fingerprint density at radius 3 is 2.39 bits per heavy atom. The number of hydrogen-bond donors (Lipinski definition) is 1. The van der Waals surface area contributed by atoms with E-state index in [9.17, 15) is 13.2 Å². The summed E-state index contributed by atoms with van der Waals surface area (Å²) in [5.74, 6) is -0.347. The summed E-state index contributed by atoms with van der Waals surface area (Å²) in [7, 11) is -3.62. The van der Waals surface area contributed by atoms with Crippen molar-refractivity contribution in [2.45, 2.75) is 26.4 Å². The monoisotopic (exact) mass is 396 g/mol. The van der Waals surface area contributed by atoms with Crippen LogP contribution in [0.4, 0.5) is 5.69 Å². The maximum absolute atomic E-state index is 12.7. The molecule has 0 saturated carbocycles. The largest absolute Gasteiger partial charge is 0.350 e. The standard InChI is InChI=1S/C22H24N2O3S/c1-16-7-6-10-21(13-16)24(28(3,26)27)17(2)22(25)23-15-18-11-12-19-8-4-5-9-20(19)14-18/h4-14,17H,15H2,1-3H3,(H,23,25)/t17-/m0/s1. The maximum Gasteiger partial charge on any atom is 0.243 e. The van der Waals surface area contributed by atoms with Gasteiger partial charge in [-0.3, -0.25) is 9.10 Å². The molecule has 5 nitrogen and oxygen atoms in total. The third kappa shape index (κ3) is 4.51. The zero-order chi connectivity index (χ0) is 20.3. The van der Waals surface area contributed by atoms with E-state index < -0.39 is 16.1 Å². The van der Waals surface area contributed by atoms with E-state index in [4.69, 9.17) is 0 Å². The third-order valence-corrected chi connectivity index (χ3v) is 5.87. The van der Waals surface area contributed by atoms with Crippen molar-refractivity contribution in [2.24, 2.45) is 0 Å². The zero-order valence-corrected chi connectivity index (χ0v) is 17.0. The Labute approximate surface area is 166 Å². The number of anilines is 1. The highest BCUT2D eigenvalue weighted by Gasteiger charge is 2.29. The summed E-state index contributed by atoms with van der Waals surface area (Å²) in [6.07, 6.45) is 1.11. The summed E-state index contributed by atoms with van der Waals surface area (Å²) >= 11 is 0. The number of carbonyl (C=O) groups excluding carboxylic acids is 1. The quantitative estimate of drug-likeness (QED) is 0.692. The van der Waals surface area contributed by atoms with E-state index >= 15 is 0 Å². The van der Waals surface area contributed by atoms with Gasteiger partial charge >= 0.3 is 0 Å². The smallest absolute Gasteiger partial charge is 0.243 e. The summed E-state index contributed by atoms with van der Waals surface area (Å²) in [6.45, 7) is 3.81. The number of rotatable bonds is 6. The van der Waals surface area contributed by atoms with Crippen LogP contribution in [0.5, 0.6) is 0 Å². The van der Waals surface area contributed by atoms with E-state index in [1.807, 2.05) is 55.5 Å². The molecule has 3 rings (SSSR count). The highest BCUT2D eigenvalue weighted by molar-refractivity contribution is 7.92. The van der Waals surface area contributed by atoms with Crippen LogP contribution >= 0.6 is 0 Å². The van der Waals surface area contributed by atoms with Gasteiger partial charge in [0.05, 0.1) is 11.9 Å². The van der Waals surface area contributed by atoms with Gasteiger partial charge in [-0.1, -0.05) is 48.5 Å². The molecule has 0 radical (unpaired) electrons. The first kappa shape index (κ1) is 19.9. The Morgan fingerprint density at radius 2 is 1.71 bits per heavy atom. The lowest BCUT2D eigenvalue weighted by atomic mass is 10.1. The van der Waals surface area contributed by atoms with Gasteiger partial charge in [0, 0.05) is 6.54 Å². The number of nitrogens with one attached hydrogen (secondary N) is 1. The second-order valence-electron chi connectivity index (χ2n) is 6.97. The molecule has 1 N–H and O–H groups in total. The maximum atomic E-state index is 12.7. The van der Waals surface area contributed by atoms with E-state index in [2.05, 4.69) is 5.32 Å². The van der Waals surface area contributed by atoms with Crippen molar-refractivity contribution in [1.82, 2.24) is 5.32 Å². The number of amides is 1. The lowest BCUT2D eigenvalue weighted by Gasteiger charge is -2.28. The lowest BCUT2D eigenvalue weighted by molar-refractivity contribution is -0.122. The summed E-state index contributed by atoms with van der Waals surface area (Å²) in [6, 6.07) is 20.3. The van der Waals surface area contributed by atoms with Gasteiger partial charge in [-0.2, -0.15) is 0 Å². The van der Waals surface area contributed by atoms with Gasteiger partial charge in [0.15, 0.2) is 0 Å². The molecule has 6 heteroatoms. The molecule has 0 spiro atoms. The van der Waals surface area contributed by atoms with Crippen LogP contribution in [-0.2, 0) is 21.4 Å². The molecule has 1 amide bonds. The van der Waals surface area contributed by atoms with E-state index in [-0.39, 0.29) is 5.91 Å². The molecule has 0 heterocycles. The Hall–Kier alpha value is -2.86. The van der Waals surface area contributed by atoms with Gasteiger partial charge in [-0.05, 0) is 53.9 Å². The molecule has 0 fully saturated rings. The minimum atomic E-state index is -3.62. The average molecular weight is 397 g/mol. The van der Waals surface area contributed by atoms with Gasteiger partial charge in [0.1, 0.15) is 6.04 Å². The second-order valence-corrected chi connectivity index (χ2v) is 8.83. The predicted molar refractivity (Wildman–Crippen MR) is 114 cm³/mol. The molecule has 0 saturated heterocycles. The molecule has 146 valence electrons. The minimum absolute atomic E-state index is 0.333. The zero-order valence-electron chi connectivity index (χ0n) is 16.2. The number of carbonyl (C=O) groups is 1. The van der Waals surface area contributed by atoms with Crippen LogP contribution in [-0.4, -0.2) is 26.6 Å². The van der Waals surface area contributed by atoms with E-state index in [1.165, 1.54) is 0 Å². The predicted octanol–water partition coefficient (Wildman–Crippen LogP) is 3.62. The highest BCUT2D eigenvalue weighted by atomic mass is 32.2. The molecule has 0 aliphatic heterocycles. The van der Waals surface area contributed by atoms with Gasteiger partial charge in [-0.25, -0.2) is 8.42 Å².